The molecule has 4 rings (SSSR count). The van der Waals surface area contributed by atoms with Crippen LogP contribution in [0.25, 0.3) is 22.2 Å². The third-order valence-corrected chi connectivity index (χ3v) is 5.31. The molecule has 0 bridgehead atoms. The van der Waals surface area contributed by atoms with E-state index in [1.165, 1.54) is 0 Å². The monoisotopic (exact) mass is 377 g/mol. The molecule has 6 heteroatoms. The summed E-state index contributed by atoms with van der Waals surface area (Å²) in [4.78, 5) is 30.4. The lowest BCUT2D eigenvalue weighted by atomic mass is 9.96. The Morgan fingerprint density at radius 3 is 2.64 bits per heavy atom. The Balaban J connectivity index is 1.53. The highest BCUT2D eigenvalue weighted by Gasteiger charge is 2.27. The number of hydrogen-bond donors (Lipinski definition) is 1. The van der Waals surface area contributed by atoms with Gasteiger partial charge in [0.2, 0.25) is 5.91 Å². The smallest absolute Gasteiger partial charge is 0.253 e. The molecule has 1 aliphatic rings. The zero-order chi connectivity index (χ0) is 19.7. The highest BCUT2D eigenvalue weighted by Crippen LogP contribution is 2.26. The Labute approximate surface area is 163 Å². The Bertz CT molecular complexity index is 1020. The van der Waals surface area contributed by atoms with Gasteiger partial charge in [-0.25, -0.2) is 4.98 Å². The van der Waals surface area contributed by atoms with E-state index in [4.69, 9.17) is 10.2 Å². The van der Waals surface area contributed by atoms with Crippen LogP contribution in [-0.2, 0) is 11.2 Å². The molecule has 1 atom stereocenters. The van der Waals surface area contributed by atoms with Crippen molar-refractivity contribution in [3.8, 4) is 11.1 Å². The maximum absolute atomic E-state index is 12.8. The van der Waals surface area contributed by atoms with E-state index >= 15 is 0 Å². The Hall–Kier alpha value is -3.15. The van der Waals surface area contributed by atoms with Crippen molar-refractivity contribution in [2.75, 3.05) is 13.1 Å². The molecular weight excluding hydrogens is 354 g/mol. The number of carbonyl (C=O) groups excluding carboxylic acids is 2. The van der Waals surface area contributed by atoms with Gasteiger partial charge in [-0.05, 0) is 48.2 Å². The summed E-state index contributed by atoms with van der Waals surface area (Å²) in [5.74, 6) is 0.0856. The van der Waals surface area contributed by atoms with Crippen LogP contribution in [0.5, 0.6) is 0 Å². The SMILES string of the molecule is CCc1nc2cc(-c3ccc(C(=O)N4CCC[C@@H](C(N)=O)C4)cc3)ccc2o1. The first-order valence-corrected chi connectivity index (χ1v) is 9.63. The minimum absolute atomic E-state index is 0.0583. The number of aryl methyl sites for hydroxylation is 1. The topological polar surface area (TPSA) is 89.4 Å². The van der Waals surface area contributed by atoms with E-state index in [1.807, 2.05) is 49.4 Å². The van der Waals surface area contributed by atoms with Crippen molar-refractivity contribution >= 4 is 22.9 Å². The number of benzene rings is 2. The summed E-state index contributed by atoms with van der Waals surface area (Å²) in [6, 6.07) is 13.4. The number of primary amides is 1. The molecule has 2 aromatic carbocycles. The second-order valence-corrected chi connectivity index (χ2v) is 7.21. The third-order valence-electron chi connectivity index (χ3n) is 5.31. The number of oxazole rings is 1. The number of amides is 2. The fourth-order valence-electron chi connectivity index (χ4n) is 3.69. The summed E-state index contributed by atoms with van der Waals surface area (Å²) in [5.41, 5.74) is 9.67. The van der Waals surface area contributed by atoms with Gasteiger partial charge < -0.3 is 15.1 Å². The molecule has 2 heterocycles. The lowest BCUT2D eigenvalue weighted by Gasteiger charge is -2.31. The number of fused-ring (bicyclic) bond motifs is 1. The number of carbonyl (C=O) groups is 2. The summed E-state index contributed by atoms with van der Waals surface area (Å²) >= 11 is 0. The van der Waals surface area contributed by atoms with Gasteiger partial charge in [-0.3, -0.25) is 9.59 Å². The summed E-state index contributed by atoms with van der Waals surface area (Å²) < 4.78 is 5.66. The summed E-state index contributed by atoms with van der Waals surface area (Å²) in [6.07, 6.45) is 2.31. The van der Waals surface area contributed by atoms with Crippen molar-refractivity contribution < 1.29 is 14.0 Å². The van der Waals surface area contributed by atoms with E-state index < -0.39 is 0 Å². The molecule has 1 aromatic heterocycles. The first-order valence-electron chi connectivity index (χ1n) is 9.63. The maximum atomic E-state index is 12.8. The molecule has 1 fully saturated rings. The normalized spacial score (nSPS) is 17.0. The number of nitrogens with zero attached hydrogens (tertiary/aromatic N) is 2. The molecular formula is C22H23N3O3. The zero-order valence-electron chi connectivity index (χ0n) is 15.9. The van der Waals surface area contributed by atoms with Gasteiger partial charge in [0.25, 0.3) is 5.91 Å². The number of nitrogens with two attached hydrogens (primary N) is 1. The maximum Gasteiger partial charge on any atom is 0.253 e. The number of piperidine rings is 1. The van der Waals surface area contributed by atoms with Crippen molar-refractivity contribution in [2.24, 2.45) is 11.7 Å². The van der Waals surface area contributed by atoms with Crippen LogP contribution in [0.15, 0.2) is 46.9 Å². The standard InChI is InChI=1S/C22H23N3O3/c1-2-20-24-18-12-16(9-10-19(18)28-20)14-5-7-15(8-6-14)22(27)25-11-3-4-17(13-25)21(23)26/h5-10,12,17H,2-4,11,13H2,1H3,(H2,23,26)/t17-/m1/s1. The number of likely N-dealkylation sites (tertiary alicyclic amines) is 1. The second-order valence-electron chi connectivity index (χ2n) is 7.21. The summed E-state index contributed by atoms with van der Waals surface area (Å²) in [7, 11) is 0. The highest BCUT2D eigenvalue weighted by atomic mass is 16.3. The van der Waals surface area contributed by atoms with Gasteiger partial charge >= 0.3 is 0 Å². The molecule has 0 saturated carbocycles. The molecule has 1 aliphatic heterocycles. The minimum Gasteiger partial charge on any atom is -0.441 e. The average Bonchev–Trinajstić information content (AvgIpc) is 3.16. The quantitative estimate of drug-likeness (QED) is 0.755. The molecule has 144 valence electrons. The van der Waals surface area contributed by atoms with Crippen molar-refractivity contribution in [1.82, 2.24) is 9.88 Å². The minimum atomic E-state index is -0.331. The van der Waals surface area contributed by atoms with E-state index in [1.54, 1.807) is 4.90 Å². The van der Waals surface area contributed by atoms with Crippen LogP contribution in [0.4, 0.5) is 0 Å². The van der Waals surface area contributed by atoms with E-state index in [0.29, 0.717) is 18.7 Å². The largest absolute Gasteiger partial charge is 0.441 e. The van der Waals surface area contributed by atoms with Crippen molar-refractivity contribution in [3.63, 3.8) is 0 Å². The van der Waals surface area contributed by atoms with Crippen LogP contribution in [-0.4, -0.2) is 34.8 Å². The average molecular weight is 377 g/mol. The summed E-state index contributed by atoms with van der Waals surface area (Å²) in [5, 5.41) is 0. The molecule has 1 saturated heterocycles. The molecule has 6 nitrogen and oxygen atoms in total. The van der Waals surface area contributed by atoms with Crippen molar-refractivity contribution in [1.29, 1.82) is 0 Å². The lowest BCUT2D eigenvalue weighted by Crippen LogP contribution is -2.44. The fraction of sp³-hybridized carbons (Fsp3) is 0.318. The van der Waals surface area contributed by atoms with E-state index in [0.717, 1.165) is 47.4 Å². The zero-order valence-corrected chi connectivity index (χ0v) is 15.9. The number of rotatable bonds is 4. The molecule has 0 spiro atoms. The van der Waals surface area contributed by atoms with Crippen LogP contribution >= 0.6 is 0 Å². The third kappa shape index (κ3) is 3.50. The number of aromatic nitrogens is 1. The van der Waals surface area contributed by atoms with Gasteiger partial charge in [-0.1, -0.05) is 25.1 Å². The Morgan fingerprint density at radius 1 is 1.18 bits per heavy atom. The second kappa shape index (κ2) is 7.46. The lowest BCUT2D eigenvalue weighted by molar-refractivity contribution is -0.123. The van der Waals surface area contributed by atoms with Crippen molar-refractivity contribution in [3.05, 3.63) is 53.9 Å². The first kappa shape index (κ1) is 18.2. The van der Waals surface area contributed by atoms with Crippen LogP contribution in [0.1, 0.15) is 36.0 Å². The van der Waals surface area contributed by atoms with E-state index in [-0.39, 0.29) is 17.7 Å². The van der Waals surface area contributed by atoms with Gasteiger partial charge in [0.1, 0.15) is 5.52 Å². The first-order chi connectivity index (χ1) is 13.5. The predicted molar refractivity (Wildman–Crippen MR) is 107 cm³/mol. The van der Waals surface area contributed by atoms with Gasteiger partial charge in [0.15, 0.2) is 11.5 Å². The Kier molecular flexibility index (Phi) is 4.86. The van der Waals surface area contributed by atoms with Gasteiger partial charge in [0, 0.05) is 25.1 Å². The number of hydrogen-bond acceptors (Lipinski definition) is 4. The molecule has 0 radical (unpaired) electrons. The summed E-state index contributed by atoms with van der Waals surface area (Å²) in [6.45, 7) is 3.07. The molecule has 2 N–H and O–H groups in total. The van der Waals surface area contributed by atoms with E-state index in [9.17, 15) is 9.59 Å². The van der Waals surface area contributed by atoms with E-state index in [2.05, 4.69) is 4.98 Å². The van der Waals surface area contributed by atoms with Gasteiger partial charge in [-0.2, -0.15) is 0 Å². The van der Waals surface area contributed by atoms with Crippen molar-refractivity contribution in [2.45, 2.75) is 26.2 Å². The molecule has 28 heavy (non-hydrogen) atoms. The molecule has 0 unspecified atom stereocenters. The van der Waals surface area contributed by atoms with Crippen LogP contribution in [0.2, 0.25) is 0 Å². The molecule has 2 amide bonds. The highest BCUT2D eigenvalue weighted by molar-refractivity contribution is 5.95. The van der Waals surface area contributed by atoms with Crippen LogP contribution in [0, 0.1) is 5.92 Å². The fourth-order valence-corrected chi connectivity index (χ4v) is 3.69. The van der Waals surface area contributed by atoms with Crippen LogP contribution < -0.4 is 5.73 Å². The molecule has 0 aliphatic carbocycles. The predicted octanol–water partition coefficient (Wildman–Crippen LogP) is 3.39. The van der Waals surface area contributed by atoms with Gasteiger partial charge in [-0.15, -0.1) is 0 Å². The Morgan fingerprint density at radius 2 is 1.93 bits per heavy atom. The molecule has 3 aromatic rings. The van der Waals surface area contributed by atoms with Gasteiger partial charge in [0.05, 0.1) is 5.92 Å². The van der Waals surface area contributed by atoms with Crippen LogP contribution in [0.3, 0.4) is 0 Å².